The lowest BCUT2D eigenvalue weighted by Gasteiger charge is -2.08. The topological polar surface area (TPSA) is 142 Å². The molecule has 3 N–H and O–H groups in total. The highest BCUT2D eigenvalue weighted by molar-refractivity contribution is 6.03. The molecule has 0 fully saturated rings. The van der Waals surface area contributed by atoms with Gasteiger partial charge in [0.15, 0.2) is 6.61 Å². The van der Waals surface area contributed by atoms with Crippen LogP contribution in [-0.2, 0) is 14.3 Å². The number of esters is 1. The number of nitro benzene ring substituents is 1. The summed E-state index contributed by atoms with van der Waals surface area (Å²) in [5.41, 5.74) is 5.58. The van der Waals surface area contributed by atoms with Crippen LogP contribution in [0, 0.1) is 10.1 Å². The molecule has 0 aromatic heterocycles. The van der Waals surface area contributed by atoms with Gasteiger partial charge in [-0.1, -0.05) is 24.3 Å². The number of amides is 2. The molecule has 0 radical (unpaired) electrons. The van der Waals surface area contributed by atoms with E-state index in [9.17, 15) is 24.5 Å². The minimum Gasteiger partial charge on any atom is -0.452 e. The van der Waals surface area contributed by atoms with Gasteiger partial charge in [-0.25, -0.2) is 4.79 Å². The Morgan fingerprint density at radius 2 is 1.78 bits per heavy atom. The zero-order valence-electron chi connectivity index (χ0n) is 14.0. The monoisotopic (exact) mass is 369 g/mol. The highest BCUT2D eigenvalue weighted by atomic mass is 16.6. The summed E-state index contributed by atoms with van der Waals surface area (Å²) >= 11 is 0. The van der Waals surface area contributed by atoms with E-state index in [1.54, 1.807) is 18.2 Å². The largest absolute Gasteiger partial charge is 0.452 e. The molecule has 0 atom stereocenters. The lowest BCUT2D eigenvalue weighted by atomic mass is 10.1. The summed E-state index contributed by atoms with van der Waals surface area (Å²) in [6, 6.07) is 12.0. The summed E-state index contributed by atoms with van der Waals surface area (Å²) in [4.78, 5) is 45.2. The lowest BCUT2D eigenvalue weighted by molar-refractivity contribution is -0.385. The van der Waals surface area contributed by atoms with Gasteiger partial charge in [0, 0.05) is 12.1 Å². The molecular weight excluding hydrogens is 354 g/mol. The quantitative estimate of drug-likeness (QED) is 0.330. The van der Waals surface area contributed by atoms with E-state index in [-0.39, 0.29) is 22.5 Å². The first-order valence-corrected chi connectivity index (χ1v) is 7.65. The van der Waals surface area contributed by atoms with Gasteiger partial charge in [-0.3, -0.25) is 19.7 Å². The van der Waals surface area contributed by atoms with Crippen LogP contribution in [0.15, 0.2) is 54.6 Å². The molecule has 9 nitrogen and oxygen atoms in total. The van der Waals surface area contributed by atoms with Gasteiger partial charge >= 0.3 is 5.97 Å². The van der Waals surface area contributed by atoms with E-state index >= 15 is 0 Å². The first kappa shape index (κ1) is 19.3. The Hall–Kier alpha value is -4.01. The number of carbonyl (C=O) groups excluding carboxylic acids is 3. The number of hydrogen-bond acceptors (Lipinski definition) is 6. The van der Waals surface area contributed by atoms with Crippen molar-refractivity contribution in [2.45, 2.75) is 0 Å². The van der Waals surface area contributed by atoms with Crippen LogP contribution in [0.25, 0.3) is 6.08 Å². The molecule has 0 saturated heterocycles. The van der Waals surface area contributed by atoms with Crippen LogP contribution in [0.5, 0.6) is 0 Å². The molecule has 138 valence electrons. The van der Waals surface area contributed by atoms with Crippen molar-refractivity contribution in [3.8, 4) is 0 Å². The Labute approximate surface area is 153 Å². The van der Waals surface area contributed by atoms with E-state index in [4.69, 9.17) is 10.5 Å². The number of primary amides is 1. The highest BCUT2D eigenvalue weighted by Crippen LogP contribution is 2.19. The van der Waals surface area contributed by atoms with Crippen LogP contribution >= 0.6 is 0 Å². The number of carbonyl (C=O) groups is 3. The second-order valence-electron chi connectivity index (χ2n) is 5.21. The van der Waals surface area contributed by atoms with Crippen LogP contribution < -0.4 is 11.1 Å². The maximum Gasteiger partial charge on any atom is 0.331 e. The molecule has 0 aliphatic heterocycles. The second kappa shape index (κ2) is 8.90. The molecule has 9 heteroatoms. The Kier molecular flexibility index (Phi) is 6.37. The third kappa shape index (κ3) is 5.49. The van der Waals surface area contributed by atoms with Crippen LogP contribution in [0.3, 0.4) is 0 Å². The first-order chi connectivity index (χ1) is 12.9. The molecule has 0 aliphatic rings. The van der Waals surface area contributed by atoms with Crippen LogP contribution in [0.2, 0.25) is 0 Å². The molecule has 0 bridgehead atoms. The molecule has 27 heavy (non-hydrogen) atoms. The number of ether oxygens (including phenoxy) is 1. The molecule has 2 aromatic carbocycles. The van der Waals surface area contributed by atoms with Crippen molar-refractivity contribution in [3.05, 3.63) is 75.8 Å². The SMILES string of the molecule is NC(=O)c1ccccc1NC(=O)COC(=O)/C=C/c1ccccc1[N+](=O)[O-]. The number of anilines is 1. The predicted octanol–water partition coefficient (Wildman–Crippen LogP) is 1.89. The Balaban J connectivity index is 1.93. The highest BCUT2D eigenvalue weighted by Gasteiger charge is 2.12. The number of nitrogens with two attached hydrogens (primary N) is 1. The molecule has 2 aromatic rings. The third-order valence-electron chi connectivity index (χ3n) is 3.34. The zero-order chi connectivity index (χ0) is 19.8. The fourth-order valence-electron chi connectivity index (χ4n) is 2.13. The Bertz CT molecular complexity index is 923. The van der Waals surface area contributed by atoms with Crippen molar-refractivity contribution in [3.63, 3.8) is 0 Å². The van der Waals surface area contributed by atoms with E-state index in [2.05, 4.69) is 5.32 Å². The van der Waals surface area contributed by atoms with Crippen molar-refractivity contribution in [2.75, 3.05) is 11.9 Å². The predicted molar refractivity (Wildman–Crippen MR) is 96.7 cm³/mol. The van der Waals surface area contributed by atoms with Crippen molar-refractivity contribution in [2.24, 2.45) is 5.73 Å². The fourth-order valence-corrected chi connectivity index (χ4v) is 2.13. The Morgan fingerprint density at radius 3 is 2.48 bits per heavy atom. The third-order valence-corrected chi connectivity index (χ3v) is 3.34. The minimum absolute atomic E-state index is 0.119. The maximum absolute atomic E-state index is 11.9. The summed E-state index contributed by atoms with van der Waals surface area (Å²) in [6.07, 6.45) is 2.20. The average molecular weight is 369 g/mol. The molecule has 0 spiro atoms. The first-order valence-electron chi connectivity index (χ1n) is 7.65. The van der Waals surface area contributed by atoms with Gasteiger partial charge in [-0.15, -0.1) is 0 Å². The smallest absolute Gasteiger partial charge is 0.331 e. The van der Waals surface area contributed by atoms with E-state index in [1.807, 2.05) is 0 Å². The lowest BCUT2D eigenvalue weighted by Crippen LogP contribution is -2.22. The maximum atomic E-state index is 11.9. The number of hydrogen-bond donors (Lipinski definition) is 2. The van der Waals surface area contributed by atoms with E-state index in [0.717, 1.165) is 6.08 Å². The van der Waals surface area contributed by atoms with Crippen molar-refractivity contribution < 1.29 is 24.0 Å². The molecule has 0 saturated carbocycles. The van der Waals surface area contributed by atoms with Gasteiger partial charge < -0.3 is 15.8 Å². The number of nitrogens with zero attached hydrogens (tertiary/aromatic N) is 1. The number of rotatable bonds is 7. The van der Waals surface area contributed by atoms with Gasteiger partial charge in [0.2, 0.25) is 0 Å². The number of nitrogens with one attached hydrogen (secondary N) is 1. The molecule has 0 heterocycles. The van der Waals surface area contributed by atoms with Gasteiger partial charge in [0.25, 0.3) is 17.5 Å². The standard InChI is InChI=1S/C18H15N3O6/c19-18(24)13-6-2-3-7-14(13)20-16(22)11-27-17(23)10-9-12-5-1-4-8-15(12)21(25)26/h1-10H,11H2,(H2,19,24)(H,20,22)/b10-9+. The summed E-state index contributed by atoms with van der Waals surface area (Å²) in [5.74, 6) is -2.24. The van der Waals surface area contributed by atoms with Gasteiger partial charge in [0.1, 0.15) is 0 Å². The zero-order valence-corrected chi connectivity index (χ0v) is 14.0. The van der Waals surface area contributed by atoms with Gasteiger partial charge in [0.05, 0.1) is 21.7 Å². The molecule has 0 aliphatic carbocycles. The van der Waals surface area contributed by atoms with Crippen molar-refractivity contribution >= 4 is 35.2 Å². The summed E-state index contributed by atoms with van der Waals surface area (Å²) in [5, 5.41) is 13.3. The number of benzene rings is 2. The number of para-hydroxylation sites is 2. The van der Waals surface area contributed by atoms with Gasteiger partial charge in [-0.2, -0.15) is 0 Å². The van der Waals surface area contributed by atoms with Crippen molar-refractivity contribution in [1.82, 2.24) is 0 Å². The molecule has 0 unspecified atom stereocenters. The van der Waals surface area contributed by atoms with Gasteiger partial charge in [-0.05, 0) is 24.3 Å². The van der Waals surface area contributed by atoms with E-state index in [1.165, 1.54) is 36.4 Å². The Morgan fingerprint density at radius 1 is 1.11 bits per heavy atom. The summed E-state index contributed by atoms with van der Waals surface area (Å²) in [6.45, 7) is -0.604. The van der Waals surface area contributed by atoms with Crippen LogP contribution in [-0.4, -0.2) is 29.3 Å². The fraction of sp³-hybridized carbons (Fsp3) is 0.0556. The van der Waals surface area contributed by atoms with Crippen LogP contribution in [0.4, 0.5) is 11.4 Å². The second-order valence-corrected chi connectivity index (χ2v) is 5.21. The summed E-state index contributed by atoms with van der Waals surface area (Å²) in [7, 11) is 0. The molecular formula is C18H15N3O6. The van der Waals surface area contributed by atoms with E-state index < -0.39 is 29.3 Å². The van der Waals surface area contributed by atoms with Crippen LogP contribution in [0.1, 0.15) is 15.9 Å². The molecule has 2 rings (SSSR count). The normalized spacial score (nSPS) is 10.4. The summed E-state index contributed by atoms with van der Waals surface area (Å²) < 4.78 is 4.77. The minimum atomic E-state index is -0.855. The van der Waals surface area contributed by atoms with E-state index in [0.29, 0.717) is 0 Å². The molecule has 2 amide bonds. The average Bonchev–Trinajstić information content (AvgIpc) is 2.65. The number of nitro groups is 1. The van der Waals surface area contributed by atoms with Crippen molar-refractivity contribution in [1.29, 1.82) is 0 Å².